The second-order valence-electron chi connectivity index (χ2n) is 3.99. The van der Waals surface area contributed by atoms with Gasteiger partial charge in [-0.15, -0.1) is 0 Å². The maximum absolute atomic E-state index is 12.0. The normalized spacial score (nSPS) is 18.2. The van der Waals surface area contributed by atoms with Crippen molar-refractivity contribution in [3.63, 3.8) is 0 Å². The lowest BCUT2D eigenvalue weighted by atomic mass is 10.1. The zero-order chi connectivity index (χ0) is 12.5. The summed E-state index contributed by atoms with van der Waals surface area (Å²) in [6.07, 6.45) is -1.32. The maximum Gasteiger partial charge on any atom is 0.226 e. The van der Waals surface area contributed by atoms with Gasteiger partial charge in [-0.1, -0.05) is 30.3 Å². The first-order valence-electron chi connectivity index (χ1n) is 5.61. The molecular weight excluding hydrogens is 230 g/mol. The second-order valence-corrected chi connectivity index (χ2v) is 3.99. The lowest BCUT2D eigenvalue weighted by Gasteiger charge is -2.32. The summed E-state index contributed by atoms with van der Waals surface area (Å²) in [6, 6.07) is 15.9. The number of benzene rings is 2. The Labute approximate surface area is 104 Å². The number of hydroxylamine groups is 1. The van der Waals surface area contributed by atoms with Crippen molar-refractivity contribution in [3.05, 3.63) is 60.2 Å². The molecule has 0 spiro atoms. The van der Waals surface area contributed by atoms with Crippen LogP contribution in [0.4, 0.5) is 5.69 Å². The van der Waals surface area contributed by atoms with E-state index in [0.29, 0.717) is 17.0 Å². The van der Waals surface area contributed by atoms with Crippen LogP contribution in [0.1, 0.15) is 10.4 Å². The fraction of sp³-hybridized carbons (Fsp3) is 0.0714. The minimum atomic E-state index is -1.32. The Balaban J connectivity index is 2.04. The van der Waals surface area contributed by atoms with Crippen molar-refractivity contribution in [1.29, 1.82) is 0 Å². The average molecular weight is 241 g/mol. The lowest BCUT2D eigenvalue weighted by molar-refractivity contribution is 0.0454. The van der Waals surface area contributed by atoms with Crippen LogP contribution in [-0.4, -0.2) is 17.1 Å². The van der Waals surface area contributed by atoms with E-state index in [1.807, 2.05) is 18.2 Å². The van der Waals surface area contributed by atoms with Crippen LogP contribution in [0.3, 0.4) is 0 Å². The van der Waals surface area contributed by atoms with Crippen molar-refractivity contribution < 1.29 is 14.7 Å². The lowest BCUT2D eigenvalue weighted by Crippen LogP contribution is -2.47. The van der Waals surface area contributed by atoms with Crippen molar-refractivity contribution in [1.82, 2.24) is 0 Å². The highest BCUT2D eigenvalue weighted by Gasteiger charge is 2.34. The van der Waals surface area contributed by atoms with Crippen LogP contribution in [0, 0.1) is 0 Å². The summed E-state index contributed by atoms with van der Waals surface area (Å²) in [5.41, 5.74) is 1.03. The summed E-state index contributed by atoms with van der Waals surface area (Å²) in [6.45, 7) is 0. The molecule has 4 heteroatoms. The molecular formula is C14H11NO3. The molecule has 1 aliphatic heterocycles. The highest BCUT2D eigenvalue weighted by Crippen LogP contribution is 2.30. The number of aliphatic hydroxyl groups is 1. The number of rotatable bonds is 1. The molecule has 0 aromatic heterocycles. The smallest absolute Gasteiger partial charge is 0.226 e. The summed E-state index contributed by atoms with van der Waals surface area (Å²) in [5.74, 6) is 0.0948. The van der Waals surface area contributed by atoms with Gasteiger partial charge in [0, 0.05) is 0 Å². The molecule has 0 saturated heterocycles. The van der Waals surface area contributed by atoms with E-state index in [1.165, 1.54) is 5.06 Å². The molecule has 1 unspecified atom stereocenters. The predicted molar refractivity (Wildman–Crippen MR) is 66.3 cm³/mol. The summed E-state index contributed by atoms with van der Waals surface area (Å²) >= 11 is 0. The zero-order valence-electron chi connectivity index (χ0n) is 9.48. The van der Waals surface area contributed by atoms with E-state index in [-0.39, 0.29) is 5.78 Å². The van der Waals surface area contributed by atoms with Gasteiger partial charge in [-0.25, -0.2) is 0 Å². The predicted octanol–water partition coefficient (Wildman–Crippen LogP) is 2.00. The fourth-order valence-electron chi connectivity index (χ4n) is 1.92. The van der Waals surface area contributed by atoms with Gasteiger partial charge in [0.05, 0.1) is 11.3 Å². The quantitative estimate of drug-likeness (QED) is 0.829. The maximum atomic E-state index is 12.0. The number of fused-ring (bicyclic) bond motifs is 1. The van der Waals surface area contributed by atoms with Gasteiger partial charge in [0.25, 0.3) is 0 Å². The molecule has 90 valence electrons. The molecule has 4 nitrogen and oxygen atoms in total. The van der Waals surface area contributed by atoms with Crippen molar-refractivity contribution >= 4 is 11.5 Å². The molecule has 3 rings (SSSR count). The number of nitrogens with zero attached hydrogens (tertiary/aromatic N) is 1. The number of para-hydroxylation sites is 2. The highest BCUT2D eigenvalue weighted by molar-refractivity contribution is 6.03. The molecule has 0 radical (unpaired) electrons. The molecule has 1 atom stereocenters. The average Bonchev–Trinajstić information content (AvgIpc) is 2.44. The number of carbonyl (C=O) groups is 1. The van der Waals surface area contributed by atoms with Gasteiger partial charge in [0.15, 0.2) is 5.75 Å². The van der Waals surface area contributed by atoms with Gasteiger partial charge in [0.1, 0.15) is 0 Å². The Morgan fingerprint density at radius 1 is 1.00 bits per heavy atom. The van der Waals surface area contributed by atoms with Crippen LogP contribution >= 0.6 is 0 Å². The van der Waals surface area contributed by atoms with Gasteiger partial charge in [-0.2, -0.15) is 5.06 Å². The van der Waals surface area contributed by atoms with Crippen molar-refractivity contribution in [3.8, 4) is 5.75 Å². The van der Waals surface area contributed by atoms with E-state index >= 15 is 0 Å². The van der Waals surface area contributed by atoms with E-state index in [2.05, 4.69) is 0 Å². The molecule has 2 aromatic rings. The molecule has 1 aliphatic rings. The SMILES string of the molecule is O=C1c2ccccc2ON(c2ccccc2)C1O. The standard InChI is InChI=1S/C14H11NO3/c16-13-11-8-4-5-9-12(11)18-15(14(13)17)10-6-2-1-3-7-10/h1-9,14,17H. The molecule has 1 heterocycles. The molecule has 0 fully saturated rings. The summed E-state index contributed by atoms with van der Waals surface area (Å²) < 4.78 is 0. The van der Waals surface area contributed by atoms with Gasteiger partial charge in [0.2, 0.25) is 12.0 Å². The van der Waals surface area contributed by atoms with E-state index in [0.717, 1.165) is 0 Å². The van der Waals surface area contributed by atoms with Gasteiger partial charge >= 0.3 is 0 Å². The minimum absolute atomic E-state index is 0.360. The van der Waals surface area contributed by atoms with Gasteiger partial charge < -0.3 is 9.94 Å². The zero-order valence-corrected chi connectivity index (χ0v) is 9.48. The summed E-state index contributed by atoms with van der Waals surface area (Å²) in [7, 11) is 0. The number of anilines is 1. The Morgan fingerprint density at radius 3 is 2.44 bits per heavy atom. The molecule has 1 N–H and O–H groups in total. The third kappa shape index (κ3) is 1.63. The highest BCUT2D eigenvalue weighted by atomic mass is 16.7. The Kier molecular flexibility index (Phi) is 2.50. The molecule has 0 amide bonds. The van der Waals surface area contributed by atoms with Crippen molar-refractivity contribution in [2.75, 3.05) is 5.06 Å². The number of hydrogen-bond donors (Lipinski definition) is 1. The Bertz CT molecular complexity index is 583. The molecule has 0 saturated carbocycles. The van der Waals surface area contributed by atoms with E-state index in [1.54, 1.807) is 36.4 Å². The first-order chi connectivity index (χ1) is 8.77. The molecule has 2 aromatic carbocycles. The second kappa shape index (κ2) is 4.16. The first-order valence-corrected chi connectivity index (χ1v) is 5.61. The fourth-order valence-corrected chi connectivity index (χ4v) is 1.92. The van der Waals surface area contributed by atoms with Crippen LogP contribution in [0.25, 0.3) is 0 Å². The summed E-state index contributed by atoms with van der Waals surface area (Å²) in [4.78, 5) is 17.6. The Morgan fingerprint density at radius 2 is 1.67 bits per heavy atom. The van der Waals surface area contributed by atoms with Crippen LogP contribution in [0.5, 0.6) is 5.75 Å². The molecule has 0 bridgehead atoms. The molecule has 18 heavy (non-hydrogen) atoms. The van der Waals surface area contributed by atoms with Crippen LogP contribution in [0.15, 0.2) is 54.6 Å². The van der Waals surface area contributed by atoms with Crippen LogP contribution in [0.2, 0.25) is 0 Å². The molecule has 0 aliphatic carbocycles. The van der Waals surface area contributed by atoms with E-state index in [4.69, 9.17) is 4.84 Å². The van der Waals surface area contributed by atoms with Gasteiger partial charge in [-0.05, 0) is 24.3 Å². The van der Waals surface area contributed by atoms with Crippen LogP contribution in [-0.2, 0) is 0 Å². The number of hydrogen-bond acceptors (Lipinski definition) is 4. The third-order valence-corrected chi connectivity index (χ3v) is 2.82. The number of ketones is 1. The van der Waals surface area contributed by atoms with Gasteiger partial charge in [-0.3, -0.25) is 4.79 Å². The van der Waals surface area contributed by atoms with E-state index in [9.17, 15) is 9.90 Å². The number of Topliss-reactive ketones (excluding diaryl/α,β-unsaturated/α-hetero) is 1. The van der Waals surface area contributed by atoms with E-state index < -0.39 is 6.23 Å². The topological polar surface area (TPSA) is 49.8 Å². The summed E-state index contributed by atoms with van der Waals surface area (Å²) in [5, 5.41) is 11.2. The number of aliphatic hydroxyl groups excluding tert-OH is 1. The largest absolute Gasteiger partial charge is 0.376 e. The minimum Gasteiger partial charge on any atom is -0.376 e. The van der Waals surface area contributed by atoms with Crippen molar-refractivity contribution in [2.45, 2.75) is 6.23 Å². The van der Waals surface area contributed by atoms with Crippen LogP contribution < -0.4 is 9.90 Å². The van der Waals surface area contributed by atoms with Crippen molar-refractivity contribution in [2.24, 2.45) is 0 Å². The Hall–Kier alpha value is -2.33. The number of carbonyl (C=O) groups excluding carboxylic acids is 1. The monoisotopic (exact) mass is 241 g/mol. The first kappa shape index (κ1) is 10.8. The third-order valence-electron chi connectivity index (χ3n) is 2.82.